The van der Waals surface area contributed by atoms with Gasteiger partial charge in [-0.15, -0.1) is 0 Å². The van der Waals surface area contributed by atoms with Crippen LogP contribution in [-0.4, -0.2) is 6.04 Å². The minimum atomic E-state index is -0.0113. The van der Waals surface area contributed by atoms with Crippen molar-refractivity contribution in [2.24, 2.45) is 11.7 Å². The molecule has 3 heteroatoms. The Morgan fingerprint density at radius 2 is 2.09 bits per heavy atom. The van der Waals surface area contributed by atoms with Gasteiger partial charge < -0.3 is 5.73 Å². The topological polar surface area (TPSA) is 26.0 Å². The molecule has 124 valence electrons. The van der Waals surface area contributed by atoms with E-state index in [1.807, 2.05) is 31.2 Å². The largest absolute Gasteiger partial charge is 0.324 e. The molecule has 0 amide bonds. The number of aryl methyl sites for hydroxylation is 1. The van der Waals surface area contributed by atoms with Crippen molar-refractivity contribution >= 4 is 23.2 Å². The Kier molecular flexibility index (Phi) is 6.52. The molecule has 1 aliphatic carbocycles. The van der Waals surface area contributed by atoms with Gasteiger partial charge in [-0.05, 0) is 67.4 Å². The Hall–Kier alpha value is -1.02. The zero-order valence-electron chi connectivity index (χ0n) is 13.9. The van der Waals surface area contributed by atoms with Crippen molar-refractivity contribution in [2.75, 3.05) is 0 Å². The lowest BCUT2D eigenvalue weighted by atomic mass is 9.80. The normalized spacial score (nSPS) is 23.4. The third kappa shape index (κ3) is 4.09. The first-order valence-electron chi connectivity index (χ1n) is 8.16. The highest BCUT2D eigenvalue weighted by Crippen LogP contribution is 2.46. The third-order valence-electron chi connectivity index (χ3n) is 4.76. The second-order valence-corrected chi connectivity index (χ2v) is 7.09. The molecular weight excluding hydrogens is 325 g/mol. The highest BCUT2D eigenvalue weighted by Gasteiger charge is 2.35. The number of benzene rings is 1. The lowest BCUT2D eigenvalue weighted by Crippen LogP contribution is -2.33. The second kappa shape index (κ2) is 8.19. The van der Waals surface area contributed by atoms with Crippen molar-refractivity contribution in [3.8, 4) is 0 Å². The molecule has 0 heterocycles. The summed E-state index contributed by atoms with van der Waals surface area (Å²) in [5, 5.41) is 1.45. The van der Waals surface area contributed by atoms with Gasteiger partial charge >= 0.3 is 0 Å². The van der Waals surface area contributed by atoms with E-state index in [0.29, 0.717) is 16.9 Å². The van der Waals surface area contributed by atoms with Crippen LogP contribution < -0.4 is 5.73 Å². The second-order valence-electron chi connectivity index (χ2n) is 6.25. The van der Waals surface area contributed by atoms with Crippen LogP contribution in [0.15, 0.2) is 48.6 Å². The molecule has 0 aromatic heterocycles. The smallest absolute Gasteiger partial charge is 0.0458 e. The molecule has 1 aromatic carbocycles. The van der Waals surface area contributed by atoms with E-state index in [0.717, 1.165) is 29.0 Å². The van der Waals surface area contributed by atoms with Crippen LogP contribution in [0.2, 0.25) is 10.0 Å². The first kappa shape index (κ1) is 18.3. The molecule has 3 atom stereocenters. The van der Waals surface area contributed by atoms with Crippen molar-refractivity contribution in [3.63, 3.8) is 0 Å². The maximum Gasteiger partial charge on any atom is 0.0458 e. The predicted molar refractivity (Wildman–Crippen MR) is 102 cm³/mol. The number of halogens is 2. The summed E-state index contributed by atoms with van der Waals surface area (Å²) in [5.74, 6) is 0.767. The Morgan fingerprint density at radius 1 is 1.35 bits per heavy atom. The summed E-state index contributed by atoms with van der Waals surface area (Å²) in [5.41, 5.74) is 10.1. The van der Waals surface area contributed by atoms with Crippen LogP contribution in [-0.2, 0) is 0 Å². The molecule has 0 saturated heterocycles. The first-order valence-corrected chi connectivity index (χ1v) is 8.91. The monoisotopic (exact) mass is 349 g/mol. The number of allylic oxidation sites excluding steroid dienone is 3. The van der Waals surface area contributed by atoms with E-state index in [4.69, 9.17) is 28.9 Å². The van der Waals surface area contributed by atoms with Gasteiger partial charge in [-0.1, -0.05) is 60.5 Å². The van der Waals surface area contributed by atoms with E-state index in [1.165, 1.54) is 12.0 Å². The summed E-state index contributed by atoms with van der Waals surface area (Å²) >= 11 is 12.6. The van der Waals surface area contributed by atoms with E-state index in [9.17, 15) is 0 Å². The lowest BCUT2D eigenvalue weighted by molar-refractivity contribution is 0.428. The zero-order valence-corrected chi connectivity index (χ0v) is 15.4. The third-order valence-corrected chi connectivity index (χ3v) is 5.29. The van der Waals surface area contributed by atoms with E-state index in [-0.39, 0.29) is 6.04 Å². The Balaban J connectivity index is 2.37. The molecule has 1 aliphatic rings. The van der Waals surface area contributed by atoms with E-state index >= 15 is 0 Å². The molecule has 0 aliphatic heterocycles. The summed E-state index contributed by atoms with van der Waals surface area (Å²) in [6, 6.07) is 3.83. The molecule has 2 rings (SSSR count). The molecule has 2 N–H and O–H groups in total. The first-order chi connectivity index (χ1) is 11.0. The Bertz CT molecular complexity index is 608. The quantitative estimate of drug-likeness (QED) is 0.629. The van der Waals surface area contributed by atoms with Gasteiger partial charge in [0, 0.05) is 16.1 Å². The Labute approximate surface area is 149 Å². The van der Waals surface area contributed by atoms with Crippen LogP contribution in [0.1, 0.15) is 43.2 Å². The molecule has 1 nitrogen and oxygen atoms in total. The highest BCUT2D eigenvalue weighted by atomic mass is 35.5. The molecule has 1 fully saturated rings. The van der Waals surface area contributed by atoms with Crippen LogP contribution in [0.4, 0.5) is 0 Å². The number of rotatable bonds is 5. The van der Waals surface area contributed by atoms with Crippen LogP contribution in [0.25, 0.3) is 0 Å². The molecule has 0 radical (unpaired) electrons. The predicted octanol–water partition coefficient (Wildman–Crippen LogP) is 6.20. The Morgan fingerprint density at radius 3 is 2.70 bits per heavy atom. The van der Waals surface area contributed by atoms with Crippen molar-refractivity contribution in [3.05, 3.63) is 69.8 Å². The minimum Gasteiger partial charge on any atom is -0.324 e. The van der Waals surface area contributed by atoms with Gasteiger partial charge in [-0.3, -0.25) is 0 Å². The molecule has 3 unspecified atom stereocenters. The molecule has 1 aromatic rings. The summed E-state index contributed by atoms with van der Waals surface area (Å²) in [6.45, 7) is 7.90. The van der Waals surface area contributed by atoms with E-state index in [1.54, 1.807) is 6.08 Å². The van der Waals surface area contributed by atoms with E-state index in [2.05, 4.69) is 19.6 Å². The number of hydrogen-bond donors (Lipinski definition) is 1. The fraction of sp³-hybridized carbons (Fsp3) is 0.400. The maximum atomic E-state index is 6.62. The molecule has 0 bridgehead atoms. The summed E-state index contributed by atoms with van der Waals surface area (Å²) < 4.78 is 0. The van der Waals surface area contributed by atoms with E-state index < -0.39 is 0 Å². The summed E-state index contributed by atoms with van der Waals surface area (Å²) in [4.78, 5) is 0. The number of hydrogen-bond acceptors (Lipinski definition) is 1. The van der Waals surface area contributed by atoms with Gasteiger partial charge in [0.25, 0.3) is 0 Å². The van der Waals surface area contributed by atoms with Gasteiger partial charge in [0.15, 0.2) is 0 Å². The molecule has 0 spiro atoms. The van der Waals surface area contributed by atoms with Crippen LogP contribution in [0.3, 0.4) is 0 Å². The SMILES string of the molecule is C=C/C=C(\C=C/C)C(N)C1CCCC1c1c(C)cc(Cl)cc1Cl. The fourth-order valence-electron chi connectivity index (χ4n) is 3.81. The van der Waals surface area contributed by atoms with Crippen molar-refractivity contribution < 1.29 is 0 Å². The molecule has 23 heavy (non-hydrogen) atoms. The van der Waals surface area contributed by atoms with Crippen molar-refractivity contribution in [1.29, 1.82) is 0 Å². The van der Waals surface area contributed by atoms with Gasteiger partial charge in [-0.25, -0.2) is 0 Å². The summed E-state index contributed by atoms with van der Waals surface area (Å²) in [7, 11) is 0. The van der Waals surface area contributed by atoms with Crippen LogP contribution in [0, 0.1) is 12.8 Å². The van der Waals surface area contributed by atoms with Crippen molar-refractivity contribution in [1.82, 2.24) is 0 Å². The van der Waals surface area contributed by atoms with Crippen molar-refractivity contribution in [2.45, 2.75) is 45.1 Å². The average molecular weight is 350 g/mol. The zero-order chi connectivity index (χ0) is 17.0. The van der Waals surface area contributed by atoms with Crippen LogP contribution in [0.5, 0.6) is 0 Å². The number of nitrogens with two attached hydrogens (primary N) is 1. The van der Waals surface area contributed by atoms with Crippen LogP contribution >= 0.6 is 23.2 Å². The van der Waals surface area contributed by atoms with Gasteiger partial charge in [0.05, 0.1) is 0 Å². The standard InChI is InChI=1S/C20H25Cl2N/c1-4-7-14(8-5-2)20(23)17-10-6-9-16(17)19-13(3)11-15(21)12-18(19)22/h4-5,7-8,11-12,16-17,20H,1,6,9-10,23H2,2-3H3/b8-5-,14-7+. The molecule has 1 saturated carbocycles. The van der Waals surface area contributed by atoms with Gasteiger partial charge in [0.2, 0.25) is 0 Å². The van der Waals surface area contributed by atoms with Gasteiger partial charge in [-0.2, -0.15) is 0 Å². The van der Waals surface area contributed by atoms with Gasteiger partial charge in [0.1, 0.15) is 0 Å². The lowest BCUT2D eigenvalue weighted by Gasteiger charge is -2.29. The average Bonchev–Trinajstić information content (AvgIpc) is 2.94. The minimum absolute atomic E-state index is 0.0113. The highest BCUT2D eigenvalue weighted by molar-refractivity contribution is 6.35. The summed E-state index contributed by atoms with van der Waals surface area (Å²) in [6.07, 6.45) is 11.3. The maximum absolute atomic E-state index is 6.62. The molecular formula is C20H25Cl2N. The fourth-order valence-corrected chi connectivity index (χ4v) is 4.55.